The Morgan fingerprint density at radius 3 is 2.71 bits per heavy atom. The van der Waals surface area contributed by atoms with Crippen LogP contribution in [-0.2, 0) is 9.63 Å². The summed E-state index contributed by atoms with van der Waals surface area (Å²) in [5, 5.41) is 12.8. The van der Waals surface area contributed by atoms with Crippen molar-refractivity contribution in [3.63, 3.8) is 0 Å². The smallest absolute Gasteiger partial charge is 0.358 e. The van der Waals surface area contributed by atoms with Crippen molar-refractivity contribution in [3.05, 3.63) is 28.8 Å². The number of benzene rings is 1. The van der Waals surface area contributed by atoms with Gasteiger partial charge in [0.1, 0.15) is 12.4 Å². The van der Waals surface area contributed by atoms with Gasteiger partial charge in [-0.2, -0.15) is 0 Å². The van der Waals surface area contributed by atoms with Gasteiger partial charge in [-0.3, -0.25) is 0 Å². The number of carboxylic acid groups (broad SMARTS) is 1. The summed E-state index contributed by atoms with van der Waals surface area (Å²) in [6.07, 6.45) is 0. The largest absolute Gasteiger partial charge is 0.495 e. The highest BCUT2D eigenvalue weighted by Gasteiger charge is 2.15. The molecule has 0 unspecified atom stereocenters. The molecule has 0 fully saturated rings. The van der Waals surface area contributed by atoms with Gasteiger partial charge in [0.15, 0.2) is 5.71 Å². The lowest BCUT2D eigenvalue weighted by atomic mass is 10.1. The number of rotatable bonds is 5. The molecule has 1 aromatic rings. The van der Waals surface area contributed by atoms with Gasteiger partial charge in [0.25, 0.3) is 0 Å². The number of nitrogens with zero attached hydrogens (tertiary/aromatic N) is 1. The fourth-order valence-corrected chi connectivity index (χ4v) is 1.42. The highest BCUT2D eigenvalue weighted by Crippen LogP contribution is 2.25. The molecule has 17 heavy (non-hydrogen) atoms. The average Bonchev–Trinajstić information content (AvgIpc) is 2.29. The van der Waals surface area contributed by atoms with Crippen LogP contribution in [0.5, 0.6) is 5.75 Å². The normalized spacial score (nSPS) is 11.1. The number of ether oxygens (including phenoxy) is 1. The van der Waals surface area contributed by atoms with Crippen molar-refractivity contribution in [2.75, 3.05) is 13.7 Å². The van der Waals surface area contributed by atoms with Gasteiger partial charge in [0, 0.05) is 5.56 Å². The molecule has 5 nitrogen and oxygen atoms in total. The van der Waals surface area contributed by atoms with Crippen LogP contribution in [0.1, 0.15) is 12.5 Å². The van der Waals surface area contributed by atoms with Crippen LogP contribution in [0.25, 0.3) is 0 Å². The van der Waals surface area contributed by atoms with Crippen LogP contribution in [0, 0.1) is 0 Å². The van der Waals surface area contributed by atoms with Crippen molar-refractivity contribution in [1.29, 1.82) is 0 Å². The number of carboxylic acids is 1. The van der Waals surface area contributed by atoms with Gasteiger partial charge >= 0.3 is 5.97 Å². The van der Waals surface area contributed by atoms with E-state index >= 15 is 0 Å². The summed E-state index contributed by atoms with van der Waals surface area (Å²) in [6, 6.07) is 4.59. The summed E-state index contributed by atoms with van der Waals surface area (Å²) in [5.74, 6) is -0.712. The molecule has 0 atom stereocenters. The SMILES string of the molecule is CCON=C(C(=O)O)c1ccc(OC)c(Cl)c1. The van der Waals surface area contributed by atoms with E-state index in [9.17, 15) is 4.79 Å². The molecule has 0 bridgehead atoms. The lowest BCUT2D eigenvalue weighted by Gasteiger charge is -2.05. The summed E-state index contributed by atoms with van der Waals surface area (Å²) in [7, 11) is 1.48. The fourth-order valence-electron chi connectivity index (χ4n) is 1.16. The van der Waals surface area contributed by atoms with E-state index in [0.717, 1.165) is 0 Å². The zero-order chi connectivity index (χ0) is 12.8. The Hall–Kier alpha value is -1.75. The monoisotopic (exact) mass is 257 g/mol. The van der Waals surface area contributed by atoms with E-state index < -0.39 is 5.97 Å². The van der Waals surface area contributed by atoms with E-state index in [1.165, 1.54) is 13.2 Å². The van der Waals surface area contributed by atoms with Crippen molar-refractivity contribution in [1.82, 2.24) is 0 Å². The van der Waals surface area contributed by atoms with Crippen LogP contribution in [0.2, 0.25) is 5.02 Å². The van der Waals surface area contributed by atoms with Gasteiger partial charge in [-0.15, -0.1) is 0 Å². The Kier molecular flexibility index (Phi) is 4.78. The molecule has 1 aromatic carbocycles. The molecule has 0 aliphatic rings. The van der Waals surface area contributed by atoms with E-state index in [2.05, 4.69) is 5.16 Å². The van der Waals surface area contributed by atoms with Gasteiger partial charge in [-0.1, -0.05) is 16.8 Å². The minimum absolute atomic E-state index is 0.198. The van der Waals surface area contributed by atoms with Gasteiger partial charge in [0.05, 0.1) is 12.1 Å². The molecule has 0 aliphatic carbocycles. The van der Waals surface area contributed by atoms with Crippen LogP contribution in [-0.4, -0.2) is 30.5 Å². The number of oxime groups is 1. The van der Waals surface area contributed by atoms with Crippen LogP contribution in [0.4, 0.5) is 0 Å². The highest BCUT2D eigenvalue weighted by molar-refractivity contribution is 6.43. The Labute approximate surface area is 104 Å². The van der Waals surface area contributed by atoms with E-state index in [1.54, 1.807) is 19.1 Å². The molecule has 0 spiro atoms. The summed E-state index contributed by atoms with van der Waals surface area (Å²) in [6.45, 7) is 2.00. The number of aliphatic carboxylic acids is 1. The van der Waals surface area contributed by atoms with Gasteiger partial charge in [-0.05, 0) is 25.1 Å². The second-order valence-corrected chi connectivity index (χ2v) is 3.42. The second-order valence-electron chi connectivity index (χ2n) is 3.01. The van der Waals surface area contributed by atoms with Crippen molar-refractivity contribution >= 4 is 23.3 Å². The summed E-state index contributed by atoms with van der Waals surface area (Å²) in [4.78, 5) is 15.7. The first-order chi connectivity index (χ1) is 8.10. The molecule has 6 heteroatoms. The molecule has 0 aliphatic heterocycles. The molecule has 1 N–H and O–H groups in total. The molecule has 0 aromatic heterocycles. The van der Waals surface area contributed by atoms with Crippen LogP contribution in [0.3, 0.4) is 0 Å². The Morgan fingerprint density at radius 2 is 2.24 bits per heavy atom. The maximum Gasteiger partial charge on any atom is 0.358 e. The summed E-state index contributed by atoms with van der Waals surface area (Å²) >= 11 is 5.90. The van der Waals surface area contributed by atoms with Crippen LogP contribution in [0.15, 0.2) is 23.4 Å². The third-order valence-electron chi connectivity index (χ3n) is 1.91. The Balaban J connectivity index is 3.11. The highest BCUT2D eigenvalue weighted by atomic mass is 35.5. The summed E-state index contributed by atoms with van der Waals surface area (Å²) in [5.41, 5.74) is 0.160. The van der Waals surface area contributed by atoms with Gasteiger partial charge in [-0.25, -0.2) is 4.79 Å². The zero-order valence-electron chi connectivity index (χ0n) is 9.44. The van der Waals surface area contributed by atoms with Crippen LogP contribution < -0.4 is 4.74 Å². The minimum Gasteiger partial charge on any atom is -0.495 e. The molecular formula is C11H12ClNO4. The first-order valence-electron chi connectivity index (χ1n) is 4.87. The predicted octanol–water partition coefficient (Wildman–Crippen LogP) is 2.17. The Morgan fingerprint density at radius 1 is 1.53 bits per heavy atom. The topological polar surface area (TPSA) is 68.1 Å². The number of hydrogen-bond acceptors (Lipinski definition) is 4. The molecule has 1 rings (SSSR count). The third-order valence-corrected chi connectivity index (χ3v) is 2.21. The lowest BCUT2D eigenvalue weighted by molar-refractivity contribution is -0.129. The maximum absolute atomic E-state index is 11.0. The van der Waals surface area contributed by atoms with Crippen molar-refractivity contribution in [2.24, 2.45) is 5.16 Å². The van der Waals surface area contributed by atoms with Crippen molar-refractivity contribution in [2.45, 2.75) is 6.92 Å². The molecule has 0 amide bonds. The first-order valence-corrected chi connectivity index (χ1v) is 5.25. The number of methoxy groups -OCH3 is 1. The van der Waals surface area contributed by atoms with Crippen molar-refractivity contribution < 1.29 is 19.5 Å². The lowest BCUT2D eigenvalue weighted by Crippen LogP contribution is -2.15. The Bertz CT molecular complexity index is 445. The van der Waals surface area contributed by atoms with Gasteiger partial charge < -0.3 is 14.7 Å². The maximum atomic E-state index is 11.0. The van der Waals surface area contributed by atoms with E-state index in [0.29, 0.717) is 22.9 Å². The quantitative estimate of drug-likeness (QED) is 0.648. The predicted molar refractivity (Wildman–Crippen MR) is 63.8 cm³/mol. The van der Waals surface area contributed by atoms with E-state index in [-0.39, 0.29) is 5.71 Å². The third kappa shape index (κ3) is 3.35. The minimum atomic E-state index is -1.18. The molecule has 0 saturated carbocycles. The molecule has 0 heterocycles. The second kappa shape index (κ2) is 6.10. The standard InChI is InChI=1S/C11H12ClNO4/c1-3-17-13-10(11(14)15)7-4-5-9(16-2)8(12)6-7/h4-6H,3H2,1-2H3,(H,14,15). The molecular weight excluding hydrogens is 246 g/mol. The molecule has 0 radical (unpaired) electrons. The average molecular weight is 258 g/mol. The number of carbonyl (C=O) groups is 1. The van der Waals surface area contributed by atoms with Gasteiger partial charge in [0.2, 0.25) is 0 Å². The number of hydrogen-bond donors (Lipinski definition) is 1. The first kappa shape index (κ1) is 13.3. The number of halogens is 1. The molecule has 0 saturated heterocycles. The van der Waals surface area contributed by atoms with Crippen molar-refractivity contribution in [3.8, 4) is 5.75 Å². The van der Waals surface area contributed by atoms with E-state index in [4.69, 9.17) is 26.3 Å². The van der Waals surface area contributed by atoms with E-state index in [1.807, 2.05) is 0 Å². The summed E-state index contributed by atoms with van der Waals surface area (Å²) < 4.78 is 4.97. The van der Waals surface area contributed by atoms with Crippen LogP contribution >= 0.6 is 11.6 Å². The fraction of sp³-hybridized carbons (Fsp3) is 0.273. The zero-order valence-corrected chi connectivity index (χ0v) is 10.2. The molecule has 92 valence electrons.